The predicted octanol–water partition coefficient (Wildman–Crippen LogP) is 5.22. The van der Waals surface area contributed by atoms with Gasteiger partial charge in [0, 0.05) is 10.0 Å². The van der Waals surface area contributed by atoms with Gasteiger partial charge in [0.2, 0.25) is 0 Å². The number of Topliss-reactive ketones (excluding diaryl/α,β-unsaturated/α-hetero) is 1. The van der Waals surface area contributed by atoms with Gasteiger partial charge in [0.1, 0.15) is 5.75 Å². The molecule has 0 aliphatic carbocycles. The molecule has 0 amide bonds. The fourth-order valence-electron chi connectivity index (χ4n) is 2.10. The van der Waals surface area contributed by atoms with E-state index in [-0.39, 0.29) is 12.4 Å². The van der Waals surface area contributed by atoms with E-state index in [4.69, 9.17) is 4.74 Å². The van der Waals surface area contributed by atoms with Gasteiger partial charge in [-0.15, -0.1) is 0 Å². The molecule has 0 heterocycles. The number of hydrogen-bond donors (Lipinski definition) is 0. The van der Waals surface area contributed by atoms with Crippen LogP contribution in [0.5, 0.6) is 5.75 Å². The Labute approximate surface area is 134 Å². The zero-order valence-electron chi connectivity index (χ0n) is 12.3. The Balaban J connectivity index is 2.06. The zero-order chi connectivity index (χ0) is 15.2. The van der Waals surface area contributed by atoms with Crippen molar-refractivity contribution in [1.29, 1.82) is 0 Å². The highest BCUT2D eigenvalue weighted by Crippen LogP contribution is 2.28. The summed E-state index contributed by atoms with van der Waals surface area (Å²) in [5.41, 5.74) is 1.82. The Hall–Kier alpha value is -1.61. The minimum Gasteiger partial charge on any atom is -0.485 e. The standard InChI is InChI=1S/C18H19BrO2/c1-3-13(2)16-6-4-5-7-18(16)21-12-17(20)14-8-10-15(19)11-9-14/h4-11,13H,3,12H2,1-2H3. The van der Waals surface area contributed by atoms with Crippen molar-refractivity contribution in [2.24, 2.45) is 0 Å². The van der Waals surface area contributed by atoms with Crippen LogP contribution in [0.2, 0.25) is 0 Å². The van der Waals surface area contributed by atoms with E-state index >= 15 is 0 Å². The van der Waals surface area contributed by atoms with Crippen LogP contribution in [-0.4, -0.2) is 12.4 Å². The molecule has 0 N–H and O–H groups in total. The van der Waals surface area contributed by atoms with E-state index in [0.29, 0.717) is 11.5 Å². The van der Waals surface area contributed by atoms with Gasteiger partial charge in [0.25, 0.3) is 0 Å². The first-order valence-corrected chi connectivity index (χ1v) is 7.91. The lowest BCUT2D eigenvalue weighted by atomic mass is 9.98. The Morgan fingerprint density at radius 2 is 1.81 bits per heavy atom. The number of rotatable bonds is 6. The van der Waals surface area contributed by atoms with Gasteiger partial charge in [-0.05, 0) is 36.1 Å². The average molecular weight is 347 g/mol. The Kier molecular flexibility index (Phi) is 5.57. The van der Waals surface area contributed by atoms with Crippen molar-refractivity contribution in [2.45, 2.75) is 26.2 Å². The minimum atomic E-state index is -0.0125. The first-order valence-electron chi connectivity index (χ1n) is 7.12. The minimum absolute atomic E-state index is 0.0125. The van der Waals surface area contributed by atoms with Gasteiger partial charge in [0.15, 0.2) is 12.4 Å². The van der Waals surface area contributed by atoms with E-state index in [9.17, 15) is 4.79 Å². The quantitative estimate of drug-likeness (QED) is 0.670. The first-order chi connectivity index (χ1) is 10.1. The lowest BCUT2D eigenvalue weighted by Gasteiger charge is -2.15. The maximum absolute atomic E-state index is 12.1. The SMILES string of the molecule is CCC(C)c1ccccc1OCC(=O)c1ccc(Br)cc1. The van der Waals surface area contributed by atoms with Crippen molar-refractivity contribution in [3.8, 4) is 5.75 Å². The first kappa shape index (κ1) is 15.8. The van der Waals surface area contributed by atoms with Crippen LogP contribution in [-0.2, 0) is 0 Å². The van der Waals surface area contributed by atoms with E-state index in [1.165, 1.54) is 0 Å². The van der Waals surface area contributed by atoms with Crippen molar-refractivity contribution < 1.29 is 9.53 Å². The highest BCUT2D eigenvalue weighted by Gasteiger charge is 2.12. The van der Waals surface area contributed by atoms with E-state index in [1.807, 2.05) is 30.3 Å². The third-order valence-electron chi connectivity index (χ3n) is 3.59. The normalized spacial score (nSPS) is 12.0. The number of ketones is 1. The molecule has 0 aromatic heterocycles. The summed E-state index contributed by atoms with van der Waals surface area (Å²) in [6, 6.07) is 15.3. The number of carbonyl (C=O) groups excluding carboxylic acids is 1. The molecule has 2 aromatic rings. The van der Waals surface area contributed by atoms with Crippen molar-refractivity contribution in [1.82, 2.24) is 0 Å². The lowest BCUT2D eigenvalue weighted by Crippen LogP contribution is -2.12. The number of carbonyl (C=O) groups is 1. The Morgan fingerprint density at radius 1 is 1.14 bits per heavy atom. The van der Waals surface area contributed by atoms with Gasteiger partial charge in [-0.25, -0.2) is 0 Å². The summed E-state index contributed by atoms with van der Waals surface area (Å²) < 4.78 is 6.71. The third kappa shape index (κ3) is 4.18. The molecule has 110 valence electrons. The monoisotopic (exact) mass is 346 g/mol. The molecule has 21 heavy (non-hydrogen) atoms. The second kappa shape index (κ2) is 7.41. The number of hydrogen-bond acceptors (Lipinski definition) is 2. The summed E-state index contributed by atoms with van der Waals surface area (Å²) in [7, 11) is 0. The molecular weight excluding hydrogens is 328 g/mol. The molecule has 0 radical (unpaired) electrons. The molecule has 3 heteroatoms. The van der Waals surface area contributed by atoms with E-state index in [2.05, 4.69) is 35.8 Å². The number of benzene rings is 2. The smallest absolute Gasteiger partial charge is 0.200 e. The van der Waals surface area contributed by atoms with Crippen LogP contribution in [0.1, 0.15) is 42.1 Å². The molecule has 1 atom stereocenters. The topological polar surface area (TPSA) is 26.3 Å². The highest BCUT2D eigenvalue weighted by molar-refractivity contribution is 9.10. The predicted molar refractivity (Wildman–Crippen MR) is 89.1 cm³/mol. The Bertz CT molecular complexity index is 605. The van der Waals surface area contributed by atoms with Gasteiger partial charge < -0.3 is 4.74 Å². The number of para-hydroxylation sites is 1. The molecular formula is C18H19BrO2. The third-order valence-corrected chi connectivity index (χ3v) is 4.12. The molecule has 2 nitrogen and oxygen atoms in total. The van der Waals surface area contributed by atoms with Crippen LogP contribution >= 0.6 is 15.9 Å². The number of ether oxygens (including phenoxy) is 1. The lowest BCUT2D eigenvalue weighted by molar-refractivity contribution is 0.0920. The van der Waals surface area contributed by atoms with Crippen molar-refractivity contribution in [2.75, 3.05) is 6.61 Å². The zero-order valence-corrected chi connectivity index (χ0v) is 13.9. The van der Waals surface area contributed by atoms with Crippen LogP contribution in [0.3, 0.4) is 0 Å². The molecule has 2 rings (SSSR count). The summed E-state index contributed by atoms with van der Waals surface area (Å²) in [4.78, 5) is 12.1. The van der Waals surface area contributed by atoms with Gasteiger partial charge in [-0.2, -0.15) is 0 Å². The second-order valence-corrected chi connectivity index (χ2v) is 5.98. The molecule has 0 fully saturated rings. The average Bonchev–Trinajstić information content (AvgIpc) is 2.52. The van der Waals surface area contributed by atoms with Crippen LogP contribution in [0.15, 0.2) is 53.0 Å². The molecule has 0 aliphatic heterocycles. The maximum Gasteiger partial charge on any atom is 0.200 e. The highest BCUT2D eigenvalue weighted by atomic mass is 79.9. The largest absolute Gasteiger partial charge is 0.485 e. The van der Waals surface area contributed by atoms with Crippen LogP contribution in [0.4, 0.5) is 0 Å². The summed E-state index contributed by atoms with van der Waals surface area (Å²) in [6.45, 7) is 4.38. The van der Waals surface area contributed by atoms with E-state index in [0.717, 1.165) is 22.2 Å². The molecule has 0 bridgehead atoms. The van der Waals surface area contributed by atoms with E-state index < -0.39 is 0 Å². The van der Waals surface area contributed by atoms with Gasteiger partial charge in [0.05, 0.1) is 0 Å². The van der Waals surface area contributed by atoms with Crippen LogP contribution in [0, 0.1) is 0 Å². The Morgan fingerprint density at radius 3 is 2.48 bits per heavy atom. The van der Waals surface area contributed by atoms with E-state index in [1.54, 1.807) is 12.1 Å². The van der Waals surface area contributed by atoms with Crippen molar-refractivity contribution >= 4 is 21.7 Å². The number of halogens is 1. The van der Waals surface area contributed by atoms with Gasteiger partial charge >= 0.3 is 0 Å². The van der Waals surface area contributed by atoms with Crippen LogP contribution in [0.25, 0.3) is 0 Å². The molecule has 0 spiro atoms. The molecule has 1 unspecified atom stereocenters. The molecule has 0 saturated carbocycles. The second-order valence-electron chi connectivity index (χ2n) is 5.07. The van der Waals surface area contributed by atoms with Crippen molar-refractivity contribution in [3.05, 3.63) is 64.1 Å². The summed E-state index contributed by atoms with van der Waals surface area (Å²) in [5, 5.41) is 0. The summed E-state index contributed by atoms with van der Waals surface area (Å²) in [6.07, 6.45) is 1.04. The van der Waals surface area contributed by atoms with Crippen molar-refractivity contribution in [3.63, 3.8) is 0 Å². The molecule has 0 aliphatic rings. The molecule has 0 saturated heterocycles. The van der Waals surface area contributed by atoms with Gasteiger partial charge in [-0.3, -0.25) is 4.79 Å². The fourth-order valence-corrected chi connectivity index (χ4v) is 2.37. The van der Waals surface area contributed by atoms with Gasteiger partial charge in [-0.1, -0.05) is 60.1 Å². The molecule has 2 aromatic carbocycles. The fraction of sp³-hybridized carbons (Fsp3) is 0.278. The maximum atomic E-state index is 12.1. The summed E-state index contributed by atoms with van der Waals surface area (Å²) >= 11 is 3.36. The summed E-state index contributed by atoms with van der Waals surface area (Å²) in [5.74, 6) is 1.21. The van der Waals surface area contributed by atoms with Crippen LogP contribution < -0.4 is 4.74 Å².